The molecule has 0 aliphatic heterocycles. The maximum absolute atomic E-state index is 15.2. The molecule has 0 radical (unpaired) electrons. The molecule has 0 saturated carbocycles. The summed E-state index contributed by atoms with van der Waals surface area (Å²) in [6, 6.07) is 1.86. The van der Waals surface area contributed by atoms with Gasteiger partial charge in [-0.15, -0.1) is 0 Å². The van der Waals surface area contributed by atoms with Crippen LogP contribution in [0.5, 0.6) is 0 Å². The molecular weight excluding hydrogens is 1920 g/mol. The van der Waals surface area contributed by atoms with E-state index in [-0.39, 0.29) is 93.5 Å². The number of likely N-dealkylation sites (N-methyl/N-ethyl adjacent to an activating group) is 3. The van der Waals surface area contributed by atoms with E-state index in [9.17, 15) is 86.9 Å². The number of halogens is 12. The van der Waals surface area contributed by atoms with E-state index >= 15 is 9.59 Å². The first-order chi connectivity index (χ1) is 87.5. The molecule has 0 fully saturated rings. The van der Waals surface area contributed by atoms with Crippen LogP contribution in [0, 0.1) is 29.2 Å². The van der Waals surface area contributed by atoms with Crippen LogP contribution in [0.2, 0.25) is 0 Å². The van der Waals surface area contributed by atoms with Gasteiger partial charge in [0.05, 0.1) is 59.7 Å². The van der Waals surface area contributed by atoms with E-state index in [1.807, 2.05) is 0 Å². The molecule has 33 heteroatoms. The topological polar surface area (TPSA) is 175 Å². The molecule has 0 saturated heterocycles. The molecule has 3 heterocycles. The van der Waals surface area contributed by atoms with Crippen molar-refractivity contribution in [2.45, 2.75) is 197 Å². The number of carbonyl (C=O) groups excluding carboxylic acids is 3. The number of aromatic nitrogens is 6. The van der Waals surface area contributed by atoms with Crippen molar-refractivity contribution in [1.29, 1.82) is 0 Å². The minimum absolute atomic E-state index is 0.0976. The lowest BCUT2D eigenvalue weighted by Gasteiger charge is -2.33. The van der Waals surface area contributed by atoms with Gasteiger partial charge < -0.3 is 43.1 Å². The Morgan fingerprint density at radius 3 is 1.14 bits per heavy atom. The fourth-order valence-electron chi connectivity index (χ4n) is 14.0. The molecule has 144 heavy (non-hydrogen) atoms. The summed E-state index contributed by atoms with van der Waals surface area (Å²) in [4.78, 5) is 100.0. The summed E-state index contributed by atoms with van der Waals surface area (Å²) in [5.41, 5.74) is -15.5. The molecule has 12 aromatic rings. The van der Waals surface area contributed by atoms with Crippen LogP contribution in [0.3, 0.4) is 0 Å². The van der Waals surface area contributed by atoms with Gasteiger partial charge in [-0.1, -0.05) is 236 Å². The summed E-state index contributed by atoms with van der Waals surface area (Å²) in [7, 11) is 0. The van der Waals surface area contributed by atoms with E-state index in [1.54, 1.807) is 0 Å². The van der Waals surface area contributed by atoms with Crippen LogP contribution in [0.4, 0.5) is 52.7 Å². The van der Waals surface area contributed by atoms with Crippen molar-refractivity contribution >= 4 is 53.0 Å². The second-order valence-corrected chi connectivity index (χ2v) is 33.6. The Bertz CT molecular complexity index is 9170. The molecule has 3 amide bonds. The van der Waals surface area contributed by atoms with E-state index < -0.39 is 410 Å². The van der Waals surface area contributed by atoms with E-state index in [2.05, 4.69) is 15.0 Å². The summed E-state index contributed by atoms with van der Waals surface area (Å²) in [5.74, 6) is -16.6. The largest absolute Gasteiger partial charge is 0.416 e. The van der Waals surface area contributed by atoms with Gasteiger partial charge in [-0.25, -0.2) is 13.2 Å². The average Bonchev–Trinajstić information content (AvgIpc) is 1.51. The number of rotatable bonds is 39. The van der Waals surface area contributed by atoms with E-state index in [4.69, 9.17) is 52.1 Å². The van der Waals surface area contributed by atoms with Crippen molar-refractivity contribution in [1.82, 2.24) is 58.1 Å². The molecule has 3 aromatic heterocycles. The Kier molecular flexibility index (Phi) is 21.3. The minimum Gasteiger partial charge on any atom is -0.336 e. The van der Waals surface area contributed by atoms with Crippen LogP contribution in [0.25, 0.3) is 33.4 Å². The van der Waals surface area contributed by atoms with E-state index in [0.29, 0.717) is 50.9 Å². The third-order valence-electron chi connectivity index (χ3n) is 21.3. The maximum atomic E-state index is 15.2. The lowest BCUT2D eigenvalue weighted by molar-refractivity contribution is -0.138. The molecule has 0 N–H and O–H groups in total. The van der Waals surface area contributed by atoms with Crippen molar-refractivity contribution in [3.05, 3.63) is 350 Å². The second-order valence-electron chi connectivity index (χ2n) is 30.8. The van der Waals surface area contributed by atoms with Gasteiger partial charge >= 0.3 is 18.5 Å². The summed E-state index contributed by atoms with van der Waals surface area (Å²) < 4.78 is 588. The minimum atomic E-state index is -5.44. The summed E-state index contributed by atoms with van der Waals surface area (Å²) in [6.07, 6.45) is -27.2. The van der Waals surface area contributed by atoms with Crippen LogP contribution < -0.4 is 16.7 Å². The Hall–Kier alpha value is -11.9. The van der Waals surface area contributed by atoms with Crippen molar-refractivity contribution in [2.24, 2.45) is 11.8 Å². The predicted molar refractivity (Wildman–Crippen MR) is 544 cm³/mol. The number of hydrogen-bond acceptors (Lipinski definition) is 15. The smallest absolute Gasteiger partial charge is 0.336 e. The van der Waals surface area contributed by atoms with Gasteiger partial charge in [0.2, 0.25) is 17.7 Å². The highest BCUT2D eigenvalue weighted by atomic mass is 32.2. The number of amides is 3. The van der Waals surface area contributed by atoms with Gasteiger partial charge in [0.15, 0.2) is 15.5 Å². The Balaban J connectivity index is 0.000000234. The number of fused-ring (bicyclic) bond motifs is 3. The maximum Gasteiger partial charge on any atom is 0.416 e. The predicted octanol–water partition coefficient (Wildman–Crippen LogP) is 22.7. The highest BCUT2D eigenvalue weighted by molar-refractivity contribution is 7.98. The van der Waals surface area contributed by atoms with Gasteiger partial charge in [0.25, 0.3) is 16.7 Å². The van der Waals surface area contributed by atoms with Crippen molar-refractivity contribution < 1.29 is 134 Å². The Morgan fingerprint density at radius 1 is 0.396 bits per heavy atom. The lowest BCUT2D eigenvalue weighted by atomic mass is 9.99. The van der Waals surface area contributed by atoms with Gasteiger partial charge in [-0.05, 0) is 242 Å². The molecule has 0 bridgehead atoms. The molecular formula is C111H120F12N12O6S3. The Labute approximate surface area is 913 Å². The highest BCUT2D eigenvalue weighted by Gasteiger charge is 2.36. The van der Waals surface area contributed by atoms with Crippen molar-refractivity contribution in [3.8, 4) is 33.4 Å². The lowest BCUT2D eigenvalue weighted by Crippen LogP contribution is -2.42. The van der Waals surface area contributed by atoms with E-state index in [0.717, 1.165) is 130 Å². The first-order valence-electron chi connectivity index (χ1n) is 67.8. The highest BCUT2D eigenvalue weighted by Crippen LogP contribution is 2.39. The van der Waals surface area contributed by atoms with Crippen molar-refractivity contribution in [3.63, 3.8) is 0 Å². The third kappa shape index (κ3) is 29.3. The molecule has 3 atom stereocenters. The molecule has 762 valence electrons. The molecule has 15 rings (SSSR count). The van der Waals surface area contributed by atoms with Gasteiger partial charge in [-0.2, -0.15) is 54.5 Å². The number of benzene rings is 9. The van der Waals surface area contributed by atoms with Crippen LogP contribution in [0.15, 0.2) is 248 Å². The number of nitrogens with zero attached hydrogens (tertiary/aromatic N) is 12. The number of hydrogen-bond donors (Lipinski definition) is 0. The van der Waals surface area contributed by atoms with Crippen LogP contribution >= 0.6 is 35.3 Å². The molecule has 3 unspecified atom stereocenters. The van der Waals surface area contributed by atoms with Crippen LogP contribution in [0.1, 0.15) is 226 Å². The fourth-order valence-corrected chi connectivity index (χ4v) is 16.5. The molecule has 3 aliphatic carbocycles. The van der Waals surface area contributed by atoms with Gasteiger partial charge in [0, 0.05) is 133 Å². The van der Waals surface area contributed by atoms with Crippen LogP contribution in [-0.2, 0) is 121 Å². The average molecular weight is 2090 g/mol. The molecule has 0 spiro atoms. The van der Waals surface area contributed by atoms with Gasteiger partial charge in [0.1, 0.15) is 36.9 Å². The number of carbonyl (C=O) groups is 3. The summed E-state index contributed by atoms with van der Waals surface area (Å²) in [5, 5.41) is -2.25. The Morgan fingerprint density at radius 2 is 0.736 bits per heavy atom. The third-order valence-corrected chi connectivity index (χ3v) is 24.3. The fraction of sp³-hybridized carbons (Fsp3) is 0.378. The zero-order valence-corrected chi connectivity index (χ0v) is 80.1. The summed E-state index contributed by atoms with van der Waals surface area (Å²) in [6.45, 7) is -30.0. The SMILES string of the molecule is [2H]c1c([2H])c(C(F)(F)F)c([2H])c([2H])c1-c1c([2H])c([2H])c(C([2H])([2H])N(CCN(C([2H])([2H])C)C([2H])([2H])C)C(=O)C([2H])([2H])n2c(SCc3ccc(F)cc3)nc(=O)c3c2C([2H])([2H])C([2H])(C)C3([2H])[2H])c([2H])c1[2H].[2H]c1c([2H])c(CSc2nc(=O)c3c(n2C([2H])([2H])C(=O)N(CCN(C([2H])([2H])C)C([2H])([2H])C)C([2H])(C)c2ccc(-c4ccc(C(F)(F)F)cc4)cc2)CCC3)c([2H])c([2H])c1F.[2H]c1c([2H])c(CSc2nc(=O)c3c(n2C([2H])([2H])C(=O)N(CCN(C([2H])([2H])C)C([2H])([2H])C)C([2H])([2H])c2ccc(-c4ccc(C(F)(F)F)cc4)cc2)C([2H])([2H])C([2H])(C)C3([2H])[2H])c([2H])c([2H])c1F. The molecule has 3 aliphatic rings. The van der Waals surface area contributed by atoms with Crippen molar-refractivity contribution in [2.75, 3.05) is 78.2 Å². The van der Waals surface area contributed by atoms with E-state index in [1.165, 1.54) is 67.6 Å². The first-order valence-corrected chi connectivity index (χ1v) is 46.2. The first kappa shape index (κ1) is 60.9. The number of alkyl halides is 9. The number of thioether (sulfide) groups is 3. The zero-order valence-electron chi connectivity index (χ0n) is 127. The van der Waals surface area contributed by atoms with Crippen LogP contribution in [-0.4, -0.2) is 154 Å². The quantitative estimate of drug-likeness (QED) is 0.0202. The van der Waals surface area contributed by atoms with Gasteiger partial charge in [-0.3, -0.25) is 28.8 Å². The monoisotopic (exact) mass is 2090 g/mol. The standard InChI is InChI=1S/3C37H40F4N4O2S/c2*1-4-43(5-2)18-19-44(22-26-6-10-28(11-7-26)29-12-14-30(15-13-29)37(39,40)41)34(46)23-45-33-21-25(3)20-32(33)35(47)42-36(45)48-24-27-8-16-31(38)17-9-27;1-4-43(5-2)21-22-44(25(3)27-11-13-28(14-12-27)29-15-17-30(18-16-29)37(39,40)41)34(46)23-45-33-8-6-7-32(33)35(47)42-36(45)48-24-26-9-19-31(38)20-10-26/h2*6-17,25H,4-5,18-24H2,1-3H3;9-20,25H,4-8,21-24H2,1-3H3/i4D2,5D2,6D,7D,10D,11D,12D,13D,14D,15D,20D2,21D2,22D2,23D2,25D;4D2,5D2,8D,9D,16D,17D,20D2,21D2,22D2,23D2,25D;4D2,5D2,9D,10D,19D,20D,23D2,25D. The molecule has 18 nitrogen and oxygen atoms in total. The zero-order chi connectivity index (χ0) is 147. The second kappa shape index (κ2) is 50.3. The normalized spacial score (nSPS) is 22.8. The molecule has 9 aromatic carbocycles. The summed E-state index contributed by atoms with van der Waals surface area (Å²) >= 11 is 1.26.